The molecular weight excluding hydrogens is 483 g/mol. The van der Waals surface area contributed by atoms with Crippen molar-refractivity contribution in [1.29, 1.82) is 5.26 Å². The van der Waals surface area contributed by atoms with Crippen LogP contribution < -0.4 is 5.32 Å². The normalized spacial score (nSPS) is 23.5. The van der Waals surface area contributed by atoms with Crippen LogP contribution in [0.4, 0.5) is 13.2 Å². The number of aromatic nitrogens is 1. The van der Waals surface area contributed by atoms with Gasteiger partial charge in [0.05, 0.1) is 33.8 Å². The Kier molecular flexibility index (Phi) is 6.40. The highest BCUT2D eigenvalue weighted by molar-refractivity contribution is 7.92. The molecule has 1 amide bonds. The molecule has 2 aliphatic carbocycles. The number of halogens is 3. The highest BCUT2D eigenvalue weighted by Crippen LogP contribution is 2.43. The Labute approximate surface area is 201 Å². The van der Waals surface area contributed by atoms with Crippen molar-refractivity contribution < 1.29 is 31.1 Å². The van der Waals surface area contributed by atoms with Crippen LogP contribution >= 0.6 is 0 Å². The third-order valence-electron chi connectivity index (χ3n) is 6.69. The zero-order chi connectivity index (χ0) is 25.6. The molecule has 4 rings (SSSR count). The molecule has 7 nitrogen and oxygen atoms in total. The second-order valence-corrected chi connectivity index (χ2v) is 11.3. The number of carbonyl (C=O) groups excluding carboxylic acids is 1. The van der Waals surface area contributed by atoms with Crippen LogP contribution in [0, 0.1) is 24.2 Å². The molecule has 0 aliphatic heterocycles. The maximum Gasteiger partial charge on any atom is 0.417 e. The van der Waals surface area contributed by atoms with E-state index in [-0.39, 0.29) is 18.4 Å². The molecule has 0 saturated heterocycles. The fraction of sp³-hybridized carbons (Fsp3) is 0.458. The van der Waals surface area contributed by atoms with E-state index in [0.29, 0.717) is 24.1 Å². The molecule has 0 bridgehead atoms. The fourth-order valence-electron chi connectivity index (χ4n) is 4.55. The molecular formula is C24H24F3N3O4S. The first-order valence-corrected chi connectivity index (χ1v) is 12.6. The number of benzene rings is 1. The monoisotopic (exact) mass is 507 g/mol. The Hall–Kier alpha value is -2.97. The summed E-state index contributed by atoms with van der Waals surface area (Å²) >= 11 is 0. The molecule has 2 fully saturated rings. The quantitative estimate of drug-likeness (QED) is 0.637. The minimum atomic E-state index is -4.92. The second-order valence-electron chi connectivity index (χ2n) is 9.10. The van der Waals surface area contributed by atoms with Gasteiger partial charge in [-0.1, -0.05) is 6.07 Å². The zero-order valence-corrected chi connectivity index (χ0v) is 19.9. The number of rotatable bonds is 6. The van der Waals surface area contributed by atoms with Gasteiger partial charge >= 0.3 is 6.18 Å². The van der Waals surface area contributed by atoms with Crippen molar-refractivity contribution in [1.82, 2.24) is 10.3 Å². The first kappa shape index (κ1) is 25.1. The van der Waals surface area contributed by atoms with Gasteiger partial charge in [-0.3, -0.25) is 9.78 Å². The van der Waals surface area contributed by atoms with E-state index in [2.05, 4.69) is 10.3 Å². The van der Waals surface area contributed by atoms with Gasteiger partial charge in [0, 0.05) is 19.0 Å². The Bertz CT molecular complexity index is 1300. The van der Waals surface area contributed by atoms with Gasteiger partial charge in [-0.2, -0.15) is 18.4 Å². The number of nitriles is 1. The standard InChI is InChI=1S/C24H24F3N3O4S/c1-14-9-16(5-8-29-14)15-3-4-21(19(10-15)24(25,26)27)35(32,33)17-11-18(20(12-17)34-2)22(31)30-23(13-28)6-7-23/h3-5,8-10,17-18,20H,6-7,11-12H2,1-2H3,(H,30,31)/t17?,18-,20-/m1/s1. The highest BCUT2D eigenvalue weighted by atomic mass is 32.2. The lowest BCUT2D eigenvalue weighted by Gasteiger charge is -2.19. The number of nitrogens with one attached hydrogen (secondary N) is 1. The number of methoxy groups -OCH3 is 1. The smallest absolute Gasteiger partial charge is 0.381 e. The molecule has 2 aromatic rings. The van der Waals surface area contributed by atoms with Gasteiger partial charge in [0.15, 0.2) is 9.84 Å². The van der Waals surface area contributed by atoms with Crippen molar-refractivity contribution in [2.45, 2.75) is 60.6 Å². The molecule has 1 aromatic carbocycles. The van der Waals surface area contributed by atoms with Crippen LogP contribution in [-0.4, -0.2) is 43.3 Å². The lowest BCUT2D eigenvalue weighted by Crippen LogP contribution is -2.42. The van der Waals surface area contributed by atoms with Crippen LogP contribution in [-0.2, 0) is 25.5 Å². The summed E-state index contributed by atoms with van der Waals surface area (Å²) < 4.78 is 74.3. The largest absolute Gasteiger partial charge is 0.417 e. The number of pyridine rings is 1. The van der Waals surface area contributed by atoms with Crippen LogP contribution in [0.5, 0.6) is 0 Å². The van der Waals surface area contributed by atoms with Crippen LogP contribution in [0.15, 0.2) is 41.4 Å². The maximum absolute atomic E-state index is 14.0. The molecule has 1 heterocycles. The number of hydrogen-bond acceptors (Lipinski definition) is 6. The third-order valence-corrected chi connectivity index (χ3v) is 8.92. The fourth-order valence-corrected chi connectivity index (χ4v) is 6.55. The summed E-state index contributed by atoms with van der Waals surface area (Å²) in [4.78, 5) is 16.0. The number of alkyl halides is 3. The average molecular weight is 508 g/mol. The third kappa shape index (κ3) is 4.90. The lowest BCUT2D eigenvalue weighted by atomic mass is 10.0. The van der Waals surface area contributed by atoms with E-state index in [1.54, 1.807) is 19.1 Å². The number of sulfone groups is 1. The van der Waals surface area contributed by atoms with Gasteiger partial charge in [-0.15, -0.1) is 0 Å². The number of hydrogen-bond donors (Lipinski definition) is 1. The molecule has 0 spiro atoms. The molecule has 11 heteroatoms. The predicted octanol–water partition coefficient (Wildman–Crippen LogP) is 3.82. The number of carbonyl (C=O) groups is 1. The molecule has 0 radical (unpaired) electrons. The van der Waals surface area contributed by atoms with Crippen molar-refractivity contribution in [2.24, 2.45) is 5.92 Å². The van der Waals surface area contributed by atoms with Crippen molar-refractivity contribution in [2.75, 3.05) is 7.11 Å². The van der Waals surface area contributed by atoms with E-state index in [0.717, 1.165) is 12.1 Å². The Morgan fingerprint density at radius 3 is 2.46 bits per heavy atom. The summed E-state index contributed by atoms with van der Waals surface area (Å²) in [6, 6.07) is 8.35. The summed E-state index contributed by atoms with van der Waals surface area (Å²) in [5.41, 5.74) is -0.899. The van der Waals surface area contributed by atoms with E-state index in [9.17, 15) is 31.6 Å². The average Bonchev–Trinajstić information content (AvgIpc) is 3.43. The maximum atomic E-state index is 14.0. The second kappa shape index (κ2) is 8.91. The number of amides is 1. The van der Waals surface area contributed by atoms with Crippen LogP contribution in [0.3, 0.4) is 0 Å². The summed E-state index contributed by atoms with van der Waals surface area (Å²) in [6.07, 6.45) is -3.57. The predicted molar refractivity (Wildman–Crippen MR) is 120 cm³/mol. The van der Waals surface area contributed by atoms with Crippen LogP contribution in [0.1, 0.15) is 36.9 Å². The summed E-state index contributed by atoms with van der Waals surface area (Å²) in [6.45, 7) is 1.70. The van der Waals surface area contributed by atoms with Gasteiger partial charge in [0.2, 0.25) is 5.91 Å². The summed E-state index contributed by atoms with van der Waals surface area (Å²) in [5.74, 6) is -1.41. The summed E-state index contributed by atoms with van der Waals surface area (Å²) in [5, 5.41) is 10.6. The molecule has 2 saturated carbocycles. The highest BCUT2D eigenvalue weighted by Gasteiger charge is 2.51. The van der Waals surface area contributed by atoms with Gasteiger partial charge in [-0.25, -0.2) is 8.42 Å². The van der Waals surface area contributed by atoms with Gasteiger partial charge in [-0.05, 0) is 68.0 Å². The number of aryl methyl sites for hydroxylation is 1. The van der Waals surface area contributed by atoms with Gasteiger partial charge in [0.25, 0.3) is 0 Å². The first-order chi connectivity index (χ1) is 16.4. The SMILES string of the molecule is CO[C@@H]1CC(S(=O)(=O)c2ccc(-c3ccnc(C)c3)cc2C(F)(F)F)C[C@H]1C(=O)NC1(C#N)CC1. The zero-order valence-electron chi connectivity index (χ0n) is 19.1. The molecule has 2 aliphatic rings. The first-order valence-electron chi connectivity index (χ1n) is 11.0. The molecule has 1 aromatic heterocycles. The molecule has 1 N–H and O–H groups in total. The van der Waals surface area contributed by atoms with Crippen molar-refractivity contribution >= 4 is 15.7 Å². The van der Waals surface area contributed by atoms with Gasteiger partial charge in [0.1, 0.15) is 5.54 Å². The number of ether oxygens (including phenoxy) is 1. The van der Waals surface area contributed by atoms with Crippen LogP contribution in [0.25, 0.3) is 11.1 Å². The number of nitrogens with zero attached hydrogens (tertiary/aromatic N) is 2. The molecule has 3 atom stereocenters. The summed E-state index contributed by atoms with van der Waals surface area (Å²) in [7, 11) is -3.14. The Morgan fingerprint density at radius 2 is 1.89 bits per heavy atom. The van der Waals surface area contributed by atoms with E-state index < -0.39 is 55.2 Å². The van der Waals surface area contributed by atoms with Crippen LogP contribution in [0.2, 0.25) is 0 Å². The topological polar surface area (TPSA) is 109 Å². The molecule has 1 unspecified atom stereocenters. The Morgan fingerprint density at radius 1 is 1.20 bits per heavy atom. The minimum absolute atomic E-state index is 0.126. The van der Waals surface area contributed by atoms with Crippen molar-refractivity contribution in [3.63, 3.8) is 0 Å². The lowest BCUT2D eigenvalue weighted by molar-refractivity contribution is -0.139. The molecule has 186 valence electrons. The van der Waals surface area contributed by atoms with E-state index in [1.165, 1.54) is 19.4 Å². The van der Waals surface area contributed by atoms with E-state index in [1.807, 2.05) is 6.07 Å². The Balaban J connectivity index is 1.67. The van der Waals surface area contributed by atoms with Crippen molar-refractivity contribution in [3.8, 4) is 17.2 Å². The van der Waals surface area contributed by atoms with Crippen molar-refractivity contribution in [3.05, 3.63) is 47.8 Å². The molecule has 35 heavy (non-hydrogen) atoms. The van der Waals surface area contributed by atoms with E-state index >= 15 is 0 Å². The van der Waals surface area contributed by atoms with Gasteiger partial charge < -0.3 is 10.1 Å². The minimum Gasteiger partial charge on any atom is -0.381 e. The van der Waals surface area contributed by atoms with E-state index in [4.69, 9.17) is 4.74 Å².